The summed E-state index contributed by atoms with van der Waals surface area (Å²) in [6.07, 6.45) is 4.73. The number of fused-ring (bicyclic) bond motifs is 1. The molecule has 5 heteroatoms. The number of nitrogens with zero attached hydrogens (tertiary/aromatic N) is 2. The monoisotopic (exact) mass is 242 g/mol. The van der Waals surface area contributed by atoms with Crippen LogP contribution < -0.4 is 0 Å². The van der Waals surface area contributed by atoms with Crippen LogP contribution in [0.25, 0.3) is 0 Å². The summed E-state index contributed by atoms with van der Waals surface area (Å²) in [5.74, 6) is 0.943. The van der Waals surface area contributed by atoms with Crippen molar-refractivity contribution in [1.29, 1.82) is 0 Å². The van der Waals surface area contributed by atoms with E-state index >= 15 is 0 Å². The van der Waals surface area contributed by atoms with E-state index in [9.17, 15) is 9.81 Å². The van der Waals surface area contributed by atoms with Gasteiger partial charge in [-0.25, -0.2) is 0 Å². The minimum Gasteiger partial charge on any atom is -0.150 e. The number of nitroso groups, excluding NO2 is 2. The Morgan fingerprint density at radius 3 is 1.81 bits per heavy atom. The lowest BCUT2D eigenvalue weighted by Gasteiger charge is -2.44. The maximum Gasteiger partial charge on any atom is 0.121 e. The highest BCUT2D eigenvalue weighted by Gasteiger charge is 2.55. The Morgan fingerprint density at radius 1 is 0.938 bits per heavy atom. The van der Waals surface area contributed by atoms with Gasteiger partial charge in [0, 0.05) is 4.87 Å². The third kappa shape index (κ3) is 1.42. The SMILES string of the molecule is O=NC1C2CC3CC(CC(Cl)(C3)C2)C1N=O. The fourth-order valence-electron chi connectivity index (χ4n) is 4.37. The van der Waals surface area contributed by atoms with Crippen molar-refractivity contribution in [2.24, 2.45) is 28.1 Å². The largest absolute Gasteiger partial charge is 0.150 e. The predicted octanol–water partition coefficient (Wildman–Crippen LogP) is 3.07. The quantitative estimate of drug-likeness (QED) is 0.552. The lowest BCUT2D eigenvalue weighted by molar-refractivity contribution is 0.149. The first-order chi connectivity index (χ1) is 7.65. The fourth-order valence-corrected chi connectivity index (χ4v) is 4.98. The van der Waals surface area contributed by atoms with E-state index in [2.05, 4.69) is 10.4 Å². The van der Waals surface area contributed by atoms with Crippen molar-refractivity contribution in [1.82, 2.24) is 0 Å². The molecule has 0 aromatic carbocycles. The Labute approximate surface area is 99.1 Å². The molecule has 4 bridgehead atoms. The van der Waals surface area contributed by atoms with Crippen LogP contribution in [0.3, 0.4) is 0 Å². The molecule has 4 fully saturated rings. The van der Waals surface area contributed by atoms with Crippen molar-refractivity contribution in [3.05, 3.63) is 9.81 Å². The zero-order chi connectivity index (χ0) is 11.3. The Kier molecular flexibility index (Phi) is 2.32. The first-order valence-corrected chi connectivity index (χ1v) is 6.37. The van der Waals surface area contributed by atoms with Crippen LogP contribution in [0.5, 0.6) is 0 Å². The van der Waals surface area contributed by atoms with Gasteiger partial charge in [-0.05, 0) is 49.9 Å². The van der Waals surface area contributed by atoms with Gasteiger partial charge in [0.2, 0.25) is 0 Å². The molecule has 4 saturated carbocycles. The van der Waals surface area contributed by atoms with Crippen LogP contribution in [0.15, 0.2) is 10.4 Å². The Morgan fingerprint density at radius 2 is 1.44 bits per heavy atom. The van der Waals surface area contributed by atoms with Crippen LogP contribution in [-0.4, -0.2) is 17.0 Å². The fraction of sp³-hybridized carbons (Fsp3) is 1.00. The van der Waals surface area contributed by atoms with Gasteiger partial charge in [0.15, 0.2) is 0 Å². The highest BCUT2D eigenvalue weighted by atomic mass is 35.5. The lowest BCUT2D eigenvalue weighted by Crippen LogP contribution is -2.39. The zero-order valence-corrected chi connectivity index (χ0v) is 9.77. The molecular weight excluding hydrogens is 228 g/mol. The van der Waals surface area contributed by atoms with Gasteiger partial charge in [-0.3, -0.25) is 0 Å². The van der Waals surface area contributed by atoms with Crippen LogP contribution in [0.1, 0.15) is 32.1 Å². The van der Waals surface area contributed by atoms with E-state index in [1.807, 2.05) is 0 Å². The molecule has 0 N–H and O–H groups in total. The van der Waals surface area contributed by atoms with Gasteiger partial charge in [0.05, 0.1) is 0 Å². The van der Waals surface area contributed by atoms with Gasteiger partial charge in [0.1, 0.15) is 12.1 Å². The molecule has 0 aliphatic heterocycles. The number of hydrogen-bond acceptors (Lipinski definition) is 4. The standard InChI is InChI=1S/C11H15ClN2O2/c12-11-3-6-1-7(4-11)9(13-15)10(14-16)8(2-6)5-11/h6-10H,1-5H2. The molecule has 4 nitrogen and oxygen atoms in total. The maximum absolute atomic E-state index is 11.0. The third-order valence-electron chi connectivity index (χ3n) is 4.74. The van der Waals surface area contributed by atoms with Crippen LogP contribution >= 0.6 is 11.6 Å². The van der Waals surface area contributed by atoms with Crippen LogP contribution in [0.2, 0.25) is 0 Å². The molecular formula is C11H15ClN2O2. The lowest BCUT2D eigenvalue weighted by atomic mass is 9.67. The average molecular weight is 243 g/mol. The van der Waals surface area contributed by atoms with Crippen molar-refractivity contribution in [3.8, 4) is 0 Å². The van der Waals surface area contributed by atoms with Crippen molar-refractivity contribution >= 4 is 11.6 Å². The van der Waals surface area contributed by atoms with E-state index in [0.717, 1.165) is 32.1 Å². The molecule has 4 rings (SSSR count). The Bertz CT molecular complexity index is 310. The van der Waals surface area contributed by atoms with Crippen molar-refractivity contribution in [2.45, 2.75) is 49.1 Å². The van der Waals surface area contributed by atoms with Crippen molar-refractivity contribution in [2.75, 3.05) is 0 Å². The van der Waals surface area contributed by atoms with Gasteiger partial charge in [0.25, 0.3) is 0 Å². The molecule has 4 aliphatic rings. The van der Waals surface area contributed by atoms with Gasteiger partial charge >= 0.3 is 0 Å². The number of halogens is 1. The molecule has 0 heterocycles. The maximum atomic E-state index is 11.0. The van der Waals surface area contributed by atoms with Gasteiger partial charge < -0.3 is 0 Å². The van der Waals surface area contributed by atoms with E-state index in [0.29, 0.717) is 5.92 Å². The minimum absolute atomic E-state index is 0.182. The third-order valence-corrected chi connectivity index (χ3v) is 5.20. The van der Waals surface area contributed by atoms with Crippen LogP contribution in [-0.2, 0) is 0 Å². The minimum atomic E-state index is -0.423. The molecule has 0 aromatic heterocycles. The topological polar surface area (TPSA) is 58.9 Å². The summed E-state index contributed by atoms with van der Waals surface area (Å²) in [6, 6.07) is -0.846. The van der Waals surface area contributed by atoms with E-state index in [4.69, 9.17) is 11.6 Å². The van der Waals surface area contributed by atoms with Gasteiger partial charge in [-0.15, -0.1) is 11.6 Å². The molecule has 0 radical (unpaired) electrons. The second-order valence-corrected chi connectivity index (χ2v) is 6.61. The molecule has 0 aromatic rings. The van der Waals surface area contributed by atoms with Crippen LogP contribution in [0, 0.1) is 27.6 Å². The summed E-state index contributed by atoms with van der Waals surface area (Å²) in [4.78, 5) is 21.7. The summed E-state index contributed by atoms with van der Waals surface area (Å²) in [5.41, 5.74) is 0. The summed E-state index contributed by atoms with van der Waals surface area (Å²) >= 11 is 6.59. The molecule has 88 valence electrons. The Balaban J connectivity index is 2.01. The summed E-state index contributed by atoms with van der Waals surface area (Å²) in [7, 11) is 0. The molecule has 4 aliphatic carbocycles. The van der Waals surface area contributed by atoms with E-state index in [-0.39, 0.29) is 16.7 Å². The number of rotatable bonds is 2. The normalized spacial score (nSPS) is 54.7. The first kappa shape index (κ1) is 10.6. The van der Waals surface area contributed by atoms with Gasteiger partial charge in [-0.1, -0.05) is 10.4 Å². The highest BCUT2D eigenvalue weighted by molar-refractivity contribution is 6.24. The molecule has 0 spiro atoms. The average Bonchev–Trinajstić information content (AvgIpc) is 2.36. The second kappa shape index (κ2) is 3.49. The van der Waals surface area contributed by atoms with Gasteiger partial charge in [-0.2, -0.15) is 9.81 Å². The molecule has 4 atom stereocenters. The Hall–Kier alpha value is -0.510. The number of alkyl halides is 1. The summed E-state index contributed by atoms with van der Waals surface area (Å²) in [6.45, 7) is 0. The summed E-state index contributed by atoms with van der Waals surface area (Å²) in [5, 5.41) is 6.37. The first-order valence-electron chi connectivity index (χ1n) is 5.99. The van der Waals surface area contributed by atoms with Crippen molar-refractivity contribution < 1.29 is 0 Å². The molecule has 16 heavy (non-hydrogen) atoms. The highest BCUT2D eigenvalue weighted by Crippen LogP contribution is 2.57. The molecule has 4 unspecified atom stereocenters. The summed E-state index contributed by atoms with van der Waals surface area (Å²) < 4.78 is 0. The van der Waals surface area contributed by atoms with Crippen LogP contribution in [0.4, 0.5) is 0 Å². The van der Waals surface area contributed by atoms with Crippen molar-refractivity contribution in [3.63, 3.8) is 0 Å². The van der Waals surface area contributed by atoms with E-state index in [1.165, 1.54) is 0 Å². The van der Waals surface area contributed by atoms with E-state index < -0.39 is 12.1 Å². The molecule has 0 saturated heterocycles. The molecule has 0 amide bonds. The second-order valence-electron chi connectivity index (χ2n) is 5.81. The zero-order valence-electron chi connectivity index (χ0n) is 9.01. The van der Waals surface area contributed by atoms with E-state index in [1.54, 1.807) is 0 Å². The predicted molar refractivity (Wildman–Crippen MR) is 61.3 cm³/mol. The smallest absolute Gasteiger partial charge is 0.121 e. The number of hydrogen-bond donors (Lipinski definition) is 0.